The highest BCUT2D eigenvalue weighted by molar-refractivity contribution is 5.48. The van der Waals surface area contributed by atoms with E-state index in [1.54, 1.807) is 7.11 Å². The lowest BCUT2D eigenvalue weighted by molar-refractivity contribution is -0.212. The van der Waals surface area contributed by atoms with Crippen molar-refractivity contribution in [2.24, 2.45) is 5.92 Å². The molecule has 0 aromatic heterocycles. The van der Waals surface area contributed by atoms with E-state index in [1.807, 2.05) is 18.2 Å². The fraction of sp³-hybridized carbons (Fsp3) is 0.571. The van der Waals surface area contributed by atoms with Gasteiger partial charge in [-0.05, 0) is 25.1 Å². The number of hydrogen-bond acceptors (Lipinski definition) is 4. The number of rotatable bonds is 1. The quantitative estimate of drug-likeness (QED) is 0.814. The molecule has 2 atom stereocenters. The first-order chi connectivity index (χ1) is 8.62. The second-order valence-corrected chi connectivity index (χ2v) is 5.31. The Kier molecular flexibility index (Phi) is 2.72. The first-order valence-corrected chi connectivity index (χ1v) is 6.38. The molecule has 1 saturated heterocycles. The van der Waals surface area contributed by atoms with Crippen molar-refractivity contribution in [3.05, 3.63) is 23.8 Å². The van der Waals surface area contributed by atoms with Gasteiger partial charge in [0.15, 0.2) is 11.5 Å². The third-order valence-corrected chi connectivity index (χ3v) is 4.05. The van der Waals surface area contributed by atoms with E-state index in [9.17, 15) is 5.11 Å². The van der Waals surface area contributed by atoms with Crippen LogP contribution in [0.25, 0.3) is 0 Å². The maximum Gasteiger partial charge on any atom is 0.213 e. The van der Waals surface area contributed by atoms with E-state index in [2.05, 4.69) is 11.9 Å². The summed E-state index contributed by atoms with van der Waals surface area (Å²) in [6, 6.07) is 5.89. The number of ether oxygens (including phenoxy) is 2. The number of nitrogens with zero attached hydrogens (tertiary/aromatic N) is 1. The van der Waals surface area contributed by atoms with Crippen LogP contribution in [-0.2, 0) is 6.42 Å². The Hall–Kier alpha value is -1.26. The lowest BCUT2D eigenvalue weighted by Crippen LogP contribution is -2.56. The number of aliphatic hydroxyl groups is 1. The first-order valence-electron chi connectivity index (χ1n) is 6.38. The van der Waals surface area contributed by atoms with Gasteiger partial charge in [0.05, 0.1) is 7.11 Å². The van der Waals surface area contributed by atoms with Gasteiger partial charge in [-0.2, -0.15) is 0 Å². The predicted octanol–water partition coefficient (Wildman–Crippen LogP) is 1.27. The van der Waals surface area contributed by atoms with Crippen LogP contribution in [0.1, 0.15) is 12.0 Å². The molecule has 18 heavy (non-hydrogen) atoms. The van der Waals surface area contributed by atoms with Gasteiger partial charge in [-0.1, -0.05) is 12.1 Å². The zero-order chi connectivity index (χ0) is 12.8. The second kappa shape index (κ2) is 4.14. The minimum atomic E-state index is -1.03. The Bertz CT molecular complexity index is 462. The molecular weight excluding hydrogens is 230 g/mol. The molecule has 1 aromatic carbocycles. The van der Waals surface area contributed by atoms with Crippen LogP contribution in [-0.4, -0.2) is 43.0 Å². The molecule has 2 heterocycles. The number of benzene rings is 1. The molecule has 2 aliphatic rings. The van der Waals surface area contributed by atoms with Crippen molar-refractivity contribution >= 4 is 0 Å². The number of methoxy groups -OCH3 is 1. The Labute approximate surface area is 107 Å². The Morgan fingerprint density at radius 2 is 2.33 bits per heavy atom. The fourth-order valence-corrected chi connectivity index (χ4v) is 2.96. The average Bonchev–Trinajstić information content (AvgIpc) is 2.36. The molecule has 2 aliphatic heterocycles. The molecule has 1 aromatic rings. The van der Waals surface area contributed by atoms with Crippen LogP contribution in [0.15, 0.2) is 18.2 Å². The van der Waals surface area contributed by atoms with E-state index in [-0.39, 0.29) is 5.92 Å². The lowest BCUT2D eigenvalue weighted by Gasteiger charge is -2.46. The minimum absolute atomic E-state index is 0.135. The predicted molar refractivity (Wildman–Crippen MR) is 67.9 cm³/mol. The second-order valence-electron chi connectivity index (χ2n) is 5.31. The summed E-state index contributed by atoms with van der Waals surface area (Å²) in [5, 5.41) is 10.7. The van der Waals surface area contributed by atoms with Gasteiger partial charge in [0.25, 0.3) is 0 Å². The van der Waals surface area contributed by atoms with Crippen molar-refractivity contribution in [1.29, 1.82) is 0 Å². The minimum Gasteiger partial charge on any atom is -0.493 e. The molecule has 4 nitrogen and oxygen atoms in total. The monoisotopic (exact) mass is 249 g/mol. The highest BCUT2D eigenvalue weighted by Gasteiger charge is 2.46. The summed E-state index contributed by atoms with van der Waals surface area (Å²) >= 11 is 0. The van der Waals surface area contributed by atoms with Crippen LogP contribution in [0.2, 0.25) is 0 Å². The van der Waals surface area contributed by atoms with Gasteiger partial charge in [0.1, 0.15) is 0 Å². The van der Waals surface area contributed by atoms with Crippen molar-refractivity contribution in [3.8, 4) is 11.5 Å². The van der Waals surface area contributed by atoms with Crippen molar-refractivity contribution < 1.29 is 14.6 Å². The maximum atomic E-state index is 10.7. The topological polar surface area (TPSA) is 41.9 Å². The molecule has 0 amide bonds. The summed E-state index contributed by atoms with van der Waals surface area (Å²) in [6.07, 6.45) is 1.49. The zero-order valence-electron chi connectivity index (χ0n) is 10.8. The first kappa shape index (κ1) is 11.8. The average molecular weight is 249 g/mol. The van der Waals surface area contributed by atoms with Crippen LogP contribution in [0, 0.1) is 5.92 Å². The maximum absolute atomic E-state index is 10.7. The van der Waals surface area contributed by atoms with E-state index in [0.717, 1.165) is 25.1 Å². The van der Waals surface area contributed by atoms with Crippen LogP contribution in [0.3, 0.4) is 0 Å². The van der Waals surface area contributed by atoms with Crippen molar-refractivity contribution in [3.63, 3.8) is 0 Å². The standard InChI is InChI=1S/C14H19NO3/c1-15-7-6-14(16)11(9-15)8-10-4-3-5-12(17-2)13(10)18-14/h3-5,11,16H,6-9H2,1-2H3. The summed E-state index contributed by atoms with van der Waals surface area (Å²) in [7, 11) is 3.71. The van der Waals surface area contributed by atoms with Crippen LogP contribution in [0.5, 0.6) is 11.5 Å². The molecule has 0 bridgehead atoms. The fourth-order valence-electron chi connectivity index (χ4n) is 2.96. The van der Waals surface area contributed by atoms with Crippen LogP contribution in [0.4, 0.5) is 0 Å². The Morgan fingerprint density at radius 3 is 3.11 bits per heavy atom. The van der Waals surface area contributed by atoms with Crippen LogP contribution < -0.4 is 9.47 Å². The summed E-state index contributed by atoms with van der Waals surface area (Å²) < 4.78 is 11.2. The third kappa shape index (κ3) is 1.76. The number of fused-ring (bicyclic) bond motifs is 2. The van der Waals surface area contributed by atoms with E-state index in [4.69, 9.17) is 9.47 Å². The van der Waals surface area contributed by atoms with Gasteiger partial charge in [-0.15, -0.1) is 0 Å². The molecule has 2 unspecified atom stereocenters. The molecule has 0 saturated carbocycles. The molecule has 0 radical (unpaired) electrons. The van der Waals surface area contributed by atoms with E-state index >= 15 is 0 Å². The van der Waals surface area contributed by atoms with Gasteiger partial charge in [-0.25, -0.2) is 0 Å². The molecular formula is C14H19NO3. The highest BCUT2D eigenvalue weighted by Crippen LogP contribution is 2.44. The van der Waals surface area contributed by atoms with E-state index in [0.29, 0.717) is 17.9 Å². The van der Waals surface area contributed by atoms with Crippen molar-refractivity contribution in [2.75, 3.05) is 27.2 Å². The largest absolute Gasteiger partial charge is 0.493 e. The van der Waals surface area contributed by atoms with Gasteiger partial charge in [0, 0.05) is 25.4 Å². The smallest absolute Gasteiger partial charge is 0.213 e. The lowest BCUT2D eigenvalue weighted by atomic mass is 9.83. The van der Waals surface area contributed by atoms with Gasteiger partial charge < -0.3 is 19.5 Å². The third-order valence-electron chi connectivity index (χ3n) is 4.05. The number of para-hydroxylation sites is 1. The molecule has 1 fully saturated rings. The zero-order valence-corrected chi connectivity index (χ0v) is 10.8. The van der Waals surface area contributed by atoms with E-state index in [1.165, 1.54) is 0 Å². The molecule has 0 spiro atoms. The Morgan fingerprint density at radius 1 is 1.50 bits per heavy atom. The molecule has 3 rings (SSSR count). The SMILES string of the molecule is COc1cccc2c1OC1(O)CCN(C)CC1C2. The van der Waals surface area contributed by atoms with Crippen LogP contribution >= 0.6 is 0 Å². The van der Waals surface area contributed by atoms with Gasteiger partial charge >= 0.3 is 0 Å². The summed E-state index contributed by atoms with van der Waals surface area (Å²) in [6.45, 7) is 1.73. The number of likely N-dealkylation sites (tertiary alicyclic amines) is 1. The normalized spacial score (nSPS) is 31.2. The number of piperidine rings is 1. The summed E-state index contributed by atoms with van der Waals surface area (Å²) in [5.74, 6) is 0.520. The number of hydrogen-bond donors (Lipinski definition) is 1. The van der Waals surface area contributed by atoms with Gasteiger partial charge in [0.2, 0.25) is 5.79 Å². The highest BCUT2D eigenvalue weighted by atomic mass is 16.6. The van der Waals surface area contributed by atoms with Crippen molar-refractivity contribution in [1.82, 2.24) is 4.90 Å². The Balaban J connectivity index is 1.98. The summed E-state index contributed by atoms with van der Waals surface area (Å²) in [4.78, 5) is 2.24. The summed E-state index contributed by atoms with van der Waals surface area (Å²) in [5.41, 5.74) is 1.12. The van der Waals surface area contributed by atoms with Crippen molar-refractivity contribution in [2.45, 2.75) is 18.6 Å². The molecule has 4 heteroatoms. The van der Waals surface area contributed by atoms with Gasteiger partial charge in [-0.3, -0.25) is 0 Å². The molecule has 1 N–H and O–H groups in total. The molecule has 0 aliphatic carbocycles. The van der Waals surface area contributed by atoms with E-state index < -0.39 is 5.79 Å². The molecule has 98 valence electrons.